The third-order valence-corrected chi connectivity index (χ3v) is 5.66. The number of tetrazole rings is 1. The molecule has 1 aliphatic rings. The van der Waals surface area contributed by atoms with Crippen molar-refractivity contribution in [3.05, 3.63) is 64.7 Å². The lowest BCUT2D eigenvalue weighted by molar-refractivity contribution is 0.224. The Morgan fingerprint density at radius 1 is 1.22 bits per heavy atom. The van der Waals surface area contributed by atoms with E-state index in [1.165, 1.54) is 11.9 Å². The molecule has 0 amide bonds. The Bertz CT molecular complexity index is 1570. The van der Waals surface area contributed by atoms with Gasteiger partial charge in [0.25, 0.3) is 12.2 Å². The van der Waals surface area contributed by atoms with Crippen LogP contribution >= 0.6 is 0 Å². The Morgan fingerprint density at radius 2 is 2.05 bits per heavy atom. The molecule has 0 saturated heterocycles. The van der Waals surface area contributed by atoms with Crippen molar-refractivity contribution in [2.24, 2.45) is 12.0 Å². The number of aliphatic imine (C=N–C) groups is 1. The number of para-hydroxylation sites is 1. The molecule has 3 aromatic heterocycles. The summed E-state index contributed by atoms with van der Waals surface area (Å²) in [6.45, 7) is 9.00. The molecule has 1 aliphatic heterocycles. The van der Waals surface area contributed by atoms with Crippen molar-refractivity contribution in [2.75, 3.05) is 12.4 Å². The second-order valence-corrected chi connectivity index (χ2v) is 8.21. The van der Waals surface area contributed by atoms with Crippen molar-refractivity contribution in [1.29, 1.82) is 0 Å². The number of rotatable bonds is 7. The fourth-order valence-corrected chi connectivity index (χ4v) is 3.98. The Hall–Kier alpha value is -4.86. The van der Waals surface area contributed by atoms with Gasteiger partial charge in [0, 0.05) is 6.42 Å². The first-order valence-electron chi connectivity index (χ1n) is 11.1. The average Bonchev–Trinajstić information content (AvgIpc) is 3.51. The van der Waals surface area contributed by atoms with Gasteiger partial charge in [0.2, 0.25) is 5.82 Å². The quantitative estimate of drug-likeness (QED) is 0.374. The zero-order valence-corrected chi connectivity index (χ0v) is 20.1. The minimum absolute atomic E-state index is 0.0664. The van der Waals surface area contributed by atoms with Gasteiger partial charge in [0.1, 0.15) is 5.69 Å². The molecule has 0 bridgehead atoms. The molecule has 186 valence electrons. The van der Waals surface area contributed by atoms with Crippen molar-refractivity contribution in [1.82, 2.24) is 35.2 Å². The normalized spacial score (nSPS) is 12.3. The summed E-state index contributed by atoms with van der Waals surface area (Å²) in [6.07, 6.45) is -0.936. The highest BCUT2D eigenvalue weighted by atomic mass is 19.3. The third kappa shape index (κ3) is 4.68. The molecule has 4 aromatic rings. The average molecular weight is 502 g/mol. The van der Waals surface area contributed by atoms with Crippen LogP contribution in [0.3, 0.4) is 0 Å². The fourth-order valence-electron chi connectivity index (χ4n) is 3.98. The molecule has 11 nitrogen and oxygen atoms in total. The molecular formula is C24H20F2N10O. The van der Waals surface area contributed by atoms with Crippen molar-refractivity contribution in [2.45, 2.75) is 26.2 Å². The van der Waals surface area contributed by atoms with Crippen LogP contribution in [0.2, 0.25) is 0 Å². The fraction of sp³-hybridized carbons (Fsp3) is 0.250. The summed E-state index contributed by atoms with van der Waals surface area (Å²) in [7, 11) is 3.17. The summed E-state index contributed by atoms with van der Waals surface area (Å²) in [6, 6.07) is 7.09. The highest BCUT2D eigenvalue weighted by Crippen LogP contribution is 2.41. The maximum atomic E-state index is 13.5. The molecule has 0 radical (unpaired) electrons. The number of hydrogen-bond donors (Lipinski definition) is 1. The number of aryl methyl sites for hydroxylation is 2. The van der Waals surface area contributed by atoms with Gasteiger partial charge in [-0.15, -0.1) is 15.2 Å². The SMILES string of the molecule is [C-]#[N+]c1nc(Cc2cc(Nc3cccc(-c4nnn(C)n4)c3OC)c3c(n2)CC(C(F)F)=N3)cnc1C. The largest absolute Gasteiger partial charge is 0.494 e. The van der Waals surface area contributed by atoms with Crippen LogP contribution in [0, 0.1) is 13.5 Å². The van der Waals surface area contributed by atoms with E-state index >= 15 is 0 Å². The summed E-state index contributed by atoms with van der Waals surface area (Å²) in [4.78, 5) is 22.1. The standard InChI is InChI=1S/C24H20F2N10O/c1-12-23(27-2)30-14(11-28-12)8-13-9-17(20-18(29-13)10-19(32-20)22(25)26)31-16-7-5-6-15(21(16)37-4)24-33-35-36(3)34-24/h5-7,9,11,22H,8,10H2,1,3-4H3,(H,29,31). The second kappa shape index (κ2) is 9.65. The molecule has 0 atom stereocenters. The van der Waals surface area contributed by atoms with E-state index in [0.717, 1.165) is 0 Å². The maximum Gasteiger partial charge on any atom is 0.291 e. The molecule has 1 N–H and O–H groups in total. The Morgan fingerprint density at radius 3 is 2.76 bits per heavy atom. The van der Waals surface area contributed by atoms with E-state index < -0.39 is 6.43 Å². The van der Waals surface area contributed by atoms with Crippen LogP contribution in [0.25, 0.3) is 16.2 Å². The minimum Gasteiger partial charge on any atom is -0.494 e. The smallest absolute Gasteiger partial charge is 0.291 e. The van der Waals surface area contributed by atoms with Gasteiger partial charge in [-0.05, 0) is 30.3 Å². The lowest BCUT2D eigenvalue weighted by Gasteiger charge is -2.16. The number of alkyl halides is 2. The predicted octanol–water partition coefficient (Wildman–Crippen LogP) is 4.16. The van der Waals surface area contributed by atoms with Gasteiger partial charge >= 0.3 is 0 Å². The molecule has 5 rings (SSSR count). The summed E-state index contributed by atoms with van der Waals surface area (Å²) >= 11 is 0. The number of benzene rings is 1. The van der Waals surface area contributed by atoms with Crippen LogP contribution < -0.4 is 10.1 Å². The first-order valence-corrected chi connectivity index (χ1v) is 11.1. The van der Waals surface area contributed by atoms with Crippen LogP contribution in [-0.2, 0) is 19.9 Å². The highest BCUT2D eigenvalue weighted by molar-refractivity contribution is 5.98. The minimum atomic E-state index is -2.70. The van der Waals surface area contributed by atoms with Gasteiger partial charge in [-0.2, -0.15) is 4.80 Å². The molecule has 0 unspecified atom stereocenters. The topological polar surface area (TPSA) is 120 Å². The Kier molecular flexibility index (Phi) is 6.22. The van der Waals surface area contributed by atoms with E-state index in [9.17, 15) is 8.78 Å². The van der Waals surface area contributed by atoms with Gasteiger partial charge in [-0.25, -0.2) is 13.8 Å². The van der Waals surface area contributed by atoms with E-state index in [1.807, 2.05) is 0 Å². The molecule has 0 fully saturated rings. The highest BCUT2D eigenvalue weighted by Gasteiger charge is 2.27. The number of nitrogens with one attached hydrogen (secondary N) is 1. The van der Waals surface area contributed by atoms with Crippen LogP contribution in [0.1, 0.15) is 22.8 Å². The number of anilines is 2. The van der Waals surface area contributed by atoms with Crippen molar-refractivity contribution >= 4 is 28.6 Å². The van der Waals surface area contributed by atoms with Crippen molar-refractivity contribution in [3.8, 4) is 17.1 Å². The van der Waals surface area contributed by atoms with Crippen LogP contribution in [0.5, 0.6) is 5.75 Å². The van der Waals surface area contributed by atoms with Crippen molar-refractivity contribution < 1.29 is 13.5 Å². The van der Waals surface area contributed by atoms with E-state index in [2.05, 4.69) is 45.5 Å². The van der Waals surface area contributed by atoms with Gasteiger partial charge in [0.15, 0.2) is 11.4 Å². The van der Waals surface area contributed by atoms with E-state index in [1.54, 1.807) is 44.4 Å². The van der Waals surface area contributed by atoms with Crippen LogP contribution in [0.15, 0.2) is 35.5 Å². The van der Waals surface area contributed by atoms with Gasteiger partial charge in [-0.1, -0.05) is 12.6 Å². The monoisotopic (exact) mass is 502 g/mol. The van der Waals surface area contributed by atoms with Gasteiger partial charge in [0.05, 0.1) is 66.5 Å². The van der Waals surface area contributed by atoms with Crippen LogP contribution in [0.4, 0.5) is 31.7 Å². The molecule has 0 spiro atoms. The molecule has 0 aliphatic carbocycles. The lowest BCUT2D eigenvalue weighted by Crippen LogP contribution is -2.10. The number of nitrogens with zero attached hydrogens (tertiary/aromatic N) is 9. The summed E-state index contributed by atoms with van der Waals surface area (Å²) in [5.74, 6) is 1.03. The summed E-state index contributed by atoms with van der Waals surface area (Å²) in [5.41, 5.74) is 3.77. The zero-order valence-electron chi connectivity index (χ0n) is 20.1. The van der Waals surface area contributed by atoms with Gasteiger partial charge in [-0.3, -0.25) is 9.97 Å². The molecule has 37 heavy (non-hydrogen) atoms. The molecule has 4 heterocycles. The molecule has 1 aromatic carbocycles. The van der Waals surface area contributed by atoms with Crippen molar-refractivity contribution in [3.63, 3.8) is 0 Å². The lowest BCUT2D eigenvalue weighted by atomic mass is 10.1. The molecule has 13 heteroatoms. The number of ether oxygens (including phenoxy) is 1. The maximum absolute atomic E-state index is 13.5. The zero-order chi connectivity index (χ0) is 26.1. The first-order chi connectivity index (χ1) is 17.9. The number of aromatic nitrogens is 7. The first kappa shape index (κ1) is 23.9. The van der Waals surface area contributed by atoms with E-state index in [-0.39, 0.29) is 24.4 Å². The summed E-state index contributed by atoms with van der Waals surface area (Å²) in [5, 5.41) is 15.5. The number of fused-ring (bicyclic) bond motifs is 1. The number of halogens is 2. The number of methoxy groups -OCH3 is 1. The molecule has 0 saturated carbocycles. The van der Waals surface area contributed by atoms with Gasteiger partial charge < -0.3 is 14.9 Å². The van der Waals surface area contributed by atoms with Crippen LogP contribution in [-0.4, -0.2) is 54.4 Å². The van der Waals surface area contributed by atoms with E-state index in [0.29, 0.717) is 57.0 Å². The number of hydrogen-bond acceptors (Lipinski definition) is 9. The Balaban J connectivity index is 1.56. The predicted molar refractivity (Wildman–Crippen MR) is 131 cm³/mol. The summed E-state index contributed by atoms with van der Waals surface area (Å²) < 4.78 is 32.7. The van der Waals surface area contributed by atoms with E-state index in [4.69, 9.17) is 11.3 Å². The molecular weight excluding hydrogens is 482 g/mol. The Labute approximate surface area is 210 Å². The number of pyridine rings is 1. The second-order valence-electron chi connectivity index (χ2n) is 8.21. The third-order valence-electron chi connectivity index (χ3n) is 5.66.